The van der Waals surface area contributed by atoms with E-state index in [4.69, 9.17) is 4.74 Å². The number of carbonyl (C=O) groups excluding carboxylic acids is 1. The molecule has 2 fully saturated rings. The fourth-order valence-electron chi connectivity index (χ4n) is 3.68. The fourth-order valence-corrected chi connectivity index (χ4v) is 3.68. The Labute approximate surface area is 168 Å². The second-order valence-electron chi connectivity index (χ2n) is 7.60. The molecule has 0 bridgehead atoms. The van der Waals surface area contributed by atoms with Crippen molar-refractivity contribution in [3.05, 3.63) is 48.9 Å². The van der Waals surface area contributed by atoms with Gasteiger partial charge in [-0.1, -0.05) is 5.21 Å². The molecule has 3 heterocycles. The Hall–Kier alpha value is -3.29. The lowest BCUT2D eigenvalue weighted by Crippen LogP contribution is -2.41. The molecule has 0 radical (unpaired) electrons. The van der Waals surface area contributed by atoms with Crippen LogP contribution in [0.1, 0.15) is 31.7 Å². The van der Waals surface area contributed by atoms with Crippen molar-refractivity contribution in [1.29, 1.82) is 0 Å². The average Bonchev–Trinajstić information content (AvgIpc) is 3.51. The number of likely N-dealkylation sites (tertiary alicyclic amines) is 1. The first-order valence-corrected chi connectivity index (χ1v) is 10.0. The van der Waals surface area contributed by atoms with Crippen LogP contribution in [0.25, 0.3) is 11.3 Å². The molecule has 2 aromatic heterocycles. The molecule has 8 nitrogen and oxygen atoms in total. The summed E-state index contributed by atoms with van der Waals surface area (Å²) in [4.78, 5) is 22.5. The molecule has 1 saturated heterocycles. The van der Waals surface area contributed by atoms with Gasteiger partial charge in [-0.05, 0) is 56.0 Å². The van der Waals surface area contributed by atoms with Crippen molar-refractivity contribution < 1.29 is 9.53 Å². The predicted octanol–water partition coefficient (Wildman–Crippen LogP) is 3.10. The van der Waals surface area contributed by atoms with E-state index in [-0.39, 0.29) is 12.0 Å². The maximum atomic E-state index is 12.4. The lowest BCUT2D eigenvalue weighted by atomic mass is 10.1. The lowest BCUT2D eigenvalue weighted by Gasteiger charge is -2.32. The van der Waals surface area contributed by atoms with Gasteiger partial charge in [0.2, 0.25) is 5.91 Å². The highest BCUT2D eigenvalue weighted by Gasteiger charge is 2.35. The van der Waals surface area contributed by atoms with Crippen molar-refractivity contribution in [3.8, 4) is 23.0 Å². The van der Waals surface area contributed by atoms with Crippen LogP contribution in [0.5, 0.6) is 11.8 Å². The number of ether oxygens (including phenoxy) is 1. The summed E-state index contributed by atoms with van der Waals surface area (Å²) in [6.45, 7) is 1.59. The Morgan fingerprint density at radius 2 is 1.86 bits per heavy atom. The Balaban J connectivity index is 1.26. The molecule has 1 aromatic carbocycles. The summed E-state index contributed by atoms with van der Waals surface area (Å²) >= 11 is 0. The molecule has 1 atom stereocenters. The predicted molar refractivity (Wildman–Crippen MR) is 105 cm³/mol. The summed E-state index contributed by atoms with van der Waals surface area (Å²) < 4.78 is 7.53. The van der Waals surface area contributed by atoms with Crippen LogP contribution in [0.2, 0.25) is 0 Å². The standard InChI is InChI=1S/C21H22N6O2/c28-20(16-4-5-16)26-12-1-3-17(13-26)27-14-19(24-25-27)15-6-8-18(9-7-15)29-21-22-10-2-11-23-21/h2,6-11,14,16-17H,1,3-5,12-13H2/t17-/m0/s1. The van der Waals surface area contributed by atoms with E-state index in [0.717, 1.165) is 50.0 Å². The van der Waals surface area contributed by atoms with Gasteiger partial charge in [0.1, 0.15) is 11.4 Å². The van der Waals surface area contributed by atoms with Gasteiger partial charge in [0, 0.05) is 37.0 Å². The second kappa shape index (κ2) is 7.62. The molecular weight excluding hydrogens is 368 g/mol. The zero-order valence-corrected chi connectivity index (χ0v) is 16.0. The Morgan fingerprint density at radius 1 is 1.07 bits per heavy atom. The Morgan fingerprint density at radius 3 is 2.62 bits per heavy atom. The third-order valence-corrected chi connectivity index (χ3v) is 5.42. The second-order valence-corrected chi connectivity index (χ2v) is 7.60. The normalized spacial score (nSPS) is 19.2. The van der Waals surface area contributed by atoms with Crippen LogP contribution in [-0.4, -0.2) is 48.9 Å². The van der Waals surface area contributed by atoms with Crippen LogP contribution >= 0.6 is 0 Å². The molecule has 3 aromatic rings. The smallest absolute Gasteiger partial charge is 0.321 e. The van der Waals surface area contributed by atoms with Crippen LogP contribution in [0.3, 0.4) is 0 Å². The number of nitrogens with zero attached hydrogens (tertiary/aromatic N) is 6. The number of hydrogen-bond donors (Lipinski definition) is 0. The minimum Gasteiger partial charge on any atom is -0.424 e. The van der Waals surface area contributed by atoms with E-state index in [1.165, 1.54) is 0 Å². The molecule has 1 amide bonds. The van der Waals surface area contributed by atoms with E-state index in [2.05, 4.69) is 20.3 Å². The SMILES string of the molecule is O=C(C1CC1)N1CCC[C@H](n2cc(-c3ccc(Oc4ncccn4)cc3)nn2)C1. The molecule has 148 valence electrons. The van der Waals surface area contributed by atoms with Gasteiger partial charge in [-0.25, -0.2) is 14.6 Å². The molecule has 1 aliphatic heterocycles. The molecule has 0 unspecified atom stereocenters. The number of amides is 1. The quantitative estimate of drug-likeness (QED) is 0.665. The third-order valence-electron chi connectivity index (χ3n) is 5.42. The van der Waals surface area contributed by atoms with E-state index in [1.807, 2.05) is 40.0 Å². The van der Waals surface area contributed by atoms with Gasteiger partial charge in [-0.3, -0.25) is 4.79 Å². The first-order chi connectivity index (χ1) is 14.3. The fraction of sp³-hybridized carbons (Fsp3) is 0.381. The minimum absolute atomic E-state index is 0.186. The average molecular weight is 390 g/mol. The third kappa shape index (κ3) is 3.96. The summed E-state index contributed by atoms with van der Waals surface area (Å²) in [7, 11) is 0. The molecular formula is C21H22N6O2. The van der Waals surface area contributed by atoms with E-state index >= 15 is 0 Å². The van der Waals surface area contributed by atoms with Gasteiger partial charge in [0.25, 0.3) is 0 Å². The van der Waals surface area contributed by atoms with Crippen molar-refractivity contribution in [2.45, 2.75) is 31.7 Å². The van der Waals surface area contributed by atoms with Gasteiger partial charge in [-0.15, -0.1) is 5.10 Å². The highest BCUT2D eigenvalue weighted by Crippen LogP contribution is 2.33. The summed E-state index contributed by atoms with van der Waals surface area (Å²) in [5, 5.41) is 8.67. The Kier molecular flexibility index (Phi) is 4.67. The van der Waals surface area contributed by atoms with Gasteiger partial charge in [-0.2, -0.15) is 0 Å². The first-order valence-electron chi connectivity index (χ1n) is 10.0. The first kappa shape index (κ1) is 17.8. The van der Waals surface area contributed by atoms with E-state index < -0.39 is 0 Å². The maximum Gasteiger partial charge on any atom is 0.321 e. The van der Waals surface area contributed by atoms with E-state index in [1.54, 1.807) is 18.5 Å². The van der Waals surface area contributed by atoms with Crippen LogP contribution in [0, 0.1) is 5.92 Å². The highest BCUT2D eigenvalue weighted by atomic mass is 16.5. The summed E-state index contributed by atoms with van der Waals surface area (Å²) in [5.74, 6) is 1.24. The lowest BCUT2D eigenvalue weighted by molar-refractivity contribution is -0.134. The van der Waals surface area contributed by atoms with Gasteiger partial charge in [0.05, 0.1) is 12.2 Å². The van der Waals surface area contributed by atoms with Crippen molar-refractivity contribution in [2.24, 2.45) is 5.92 Å². The zero-order chi connectivity index (χ0) is 19.6. The van der Waals surface area contributed by atoms with Crippen LogP contribution in [0.15, 0.2) is 48.9 Å². The van der Waals surface area contributed by atoms with Crippen LogP contribution < -0.4 is 4.74 Å². The van der Waals surface area contributed by atoms with Crippen molar-refractivity contribution in [3.63, 3.8) is 0 Å². The van der Waals surface area contributed by atoms with Crippen molar-refractivity contribution in [1.82, 2.24) is 29.9 Å². The number of benzene rings is 1. The molecule has 1 saturated carbocycles. The van der Waals surface area contributed by atoms with Crippen LogP contribution in [0.4, 0.5) is 0 Å². The molecule has 29 heavy (non-hydrogen) atoms. The van der Waals surface area contributed by atoms with Gasteiger partial charge in [0.15, 0.2) is 0 Å². The monoisotopic (exact) mass is 390 g/mol. The summed E-state index contributed by atoms with van der Waals surface area (Å²) in [6.07, 6.45) is 9.35. The van der Waals surface area contributed by atoms with Crippen molar-refractivity contribution >= 4 is 5.91 Å². The molecule has 0 spiro atoms. The number of hydrogen-bond acceptors (Lipinski definition) is 6. The topological polar surface area (TPSA) is 86.0 Å². The minimum atomic E-state index is 0.186. The number of aromatic nitrogens is 5. The summed E-state index contributed by atoms with van der Waals surface area (Å²) in [6, 6.07) is 9.85. The van der Waals surface area contributed by atoms with Gasteiger partial charge < -0.3 is 9.64 Å². The number of piperidine rings is 1. The summed E-state index contributed by atoms with van der Waals surface area (Å²) in [5.41, 5.74) is 1.76. The Bertz CT molecular complexity index is 984. The maximum absolute atomic E-state index is 12.4. The number of rotatable bonds is 5. The van der Waals surface area contributed by atoms with Crippen LogP contribution in [-0.2, 0) is 4.79 Å². The largest absolute Gasteiger partial charge is 0.424 e. The van der Waals surface area contributed by atoms with E-state index in [9.17, 15) is 4.79 Å². The molecule has 5 rings (SSSR count). The zero-order valence-electron chi connectivity index (χ0n) is 16.0. The van der Waals surface area contributed by atoms with Gasteiger partial charge >= 0.3 is 6.01 Å². The van der Waals surface area contributed by atoms with E-state index in [0.29, 0.717) is 17.7 Å². The number of carbonyl (C=O) groups is 1. The highest BCUT2D eigenvalue weighted by molar-refractivity contribution is 5.81. The molecule has 8 heteroatoms. The van der Waals surface area contributed by atoms with Crippen molar-refractivity contribution in [2.75, 3.05) is 13.1 Å². The molecule has 0 N–H and O–H groups in total. The molecule has 1 aliphatic carbocycles. The molecule has 2 aliphatic rings.